The minimum absolute atomic E-state index is 0.120. The Morgan fingerprint density at radius 3 is 2.60 bits per heavy atom. The number of ether oxygens (including phenoxy) is 2. The smallest absolute Gasteiger partial charge is 0.246 e. The first-order chi connectivity index (χ1) is 20.8. The van der Waals surface area contributed by atoms with Crippen LogP contribution in [0.5, 0.6) is 17.2 Å². The zero-order chi connectivity index (χ0) is 30.2. The van der Waals surface area contributed by atoms with Crippen LogP contribution in [0.1, 0.15) is 5.56 Å². The Kier molecular flexibility index (Phi) is 7.17. The van der Waals surface area contributed by atoms with Crippen molar-refractivity contribution in [2.24, 2.45) is 7.05 Å². The number of aryl methyl sites for hydroxylation is 1. The van der Waals surface area contributed by atoms with Gasteiger partial charge in [0.05, 0.1) is 18.3 Å². The summed E-state index contributed by atoms with van der Waals surface area (Å²) in [6, 6.07) is 7.57. The molecule has 1 saturated heterocycles. The first-order valence-corrected chi connectivity index (χ1v) is 13.4. The summed E-state index contributed by atoms with van der Waals surface area (Å²) in [5, 5.41) is 10.8. The van der Waals surface area contributed by atoms with E-state index in [1.807, 2.05) is 4.90 Å². The van der Waals surface area contributed by atoms with Gasteiger partial charge in [-0.1, -0.05) is 11.8 Å². The third kappa shape index (κ3) is 5.11. The van der Waals surface area contributed by atoms with E-state index in [9.17, 15) is 9.18 Å². The number of carbonyl (C=O) groups excluding carboxylic acids is 1. The van der Waals surface area contributed by atoms with Gasteiger partial charge in [-0.3, -0.25) is 4.79 Å². The fraction of sp³-hybridized carbons (Fsp3) is 0.241. The minimum Gasteiger partial charge on any atom is -0.493 e. The summed E-state index contributed by atoms with van der Waals surface area (Å²) in [6.45, 7) is 7.19. The van der Waals surface area contributed by atoms with Gasteiger partial charge in [0.1, 0.15) is 34.4 Å². The summed E-state index contributed by atoms with van der Waals surface area (Å²) >= 11 is 0. The van der Waals surface area contributed by atoms with Crippen LogP contribution in [0.3, 0.4) is 0 Å². The van der Waals surface area contributed by atoms with Gasteiger partial charge in [0, 0.05) is 57.0 Å². The maximum absolute atomic E-state index is 15.6. The molecule has 1 aliphatic rings. The Labute approximate surface area is 244 Å². The molecule has 6 rings (SSSR count). The van der Waals surface area contributed by atoms with Crippen LogP contribution in [0.2, 0.25) is 0 Å². The molecule has 0 spiro atoms. The van der Waals surface area contributed by atoms with Crippen molar-refractivity contribution in [1.82, 2.24) is 34.8 Å². The van der Waals surface area contributed by atoms with Crippen molar-refractivity contribution in [2.75, 3.05) is 43.5 Å². The number of hydrogen-bond acceptors (Lipinski definition) is 10. The predicted octanol–water partition coefficient (Wildman–Crippen LogP) is 4.27. The minimum atomic E-state index is -0.581. The number of hydrogen-bond donors (Lipinski definition) is 1. The van der Waals surface area contributed by atoms with Crippen LogP contribution in [0, 0.1) is 18.6 Å². The van der Waals surface area contributed by atoms with Gasteiger partial charge in [0.25, 0.3) is 0 Å². The van der Waals surface area contributed by atoms with Crippen LogP contribution in [0.15, 0.2) is 49.3 Å². The second-order valence-corrected chi connectivity index (χ2v) is 9.88. The Bertz CT molecular complexity index is 1890. The molecule has 1 fully saturated rings. The molecule has 43 heavy (non-hydrogen) atoms. The molecular formula is C29H27F2N9O3. The highest BCUT2D eigenvalue weighted by Crippen LogP contribution is 2.36. The van der Waals surface area contributed by atoms with E-state index in [1.165, 1.54) is 35.3 Å². The molecule has 220 valence electrons. The van der Waals surface area contributed by atoms with Crippen molar-refractivity contribution in [3.05, 3.63) is 66.5 Å². The van der Waals surface area contributed by atoms with Gasteiger partial charge in [-0.15, -0.1) is 5.10 Å². The normalized spacial score (nSPS) is 13.4. The average Bonchev–Trinajstić information content (AvgIpc) is 3.40. The number of amides is 1. The molecule has 4 heterocycles. The monoisotopic (exact) mass is 587 g/mol. The molecule has 0 radical (unpaired) electrons. The molecule has 1 amide bonds. The number of fused-ring (bicyclic) bond motifs is 2. The quantitative estimate of drug-likeness (QED) is 0.276. The number of rotatable bonds is 7. The second kappa shape index (κ2) is 11.1. The molecule has 0 unspecified atom stereocenters. The predicted molar refractivity (Wildman–Crippen MR) is 156 cm³/mol. The summed E-state index contributed by atoms with van der Waals surface area (Å²) in [4.78, 5) is 29.2. The maximum atomic E-state index is 15.6. The lowest BCUT2D eigenvalue weighted by Gasteiger charge is -2.35. The zero-order valence-corrected chi connectivity index (χ0v) is 23.6. The molecule has 2 aromatic carbocycles. The van der Waals surface area contributed by atoms with Crippen molar-refractivity contribution < 1.29 is 23.0 Å². The third-order valence-corrected chi connectivity index (χ3v) is 7.29. The summed E-state index contributed by atoms with van der Waals surface area (Å²) in [7, 11) is 3.14. The first-order valence-electron chi connectivity index (χ1n) is 13.4. The van der Waals surface area contributed by atoms with Crippen LogP contribution in [0.25, 0.3) is 22.1 Å². The number of methoxy groups -OCH3 is 1. The number of pyridine rings is 1. The zero-order valence-electron chi connectivity index (χ0n) is 23.6. The van der Waals surface area contributed by atoms with E-state index in [1.54, 1.807) is 38.1 Å². The van der Waals surface area contributed by atoms with Crippen LogP contribution >= 0.6 is 0 Å². The molecular weight excluding hydrogens is 560 g/mol. The van der Waals surface area contributed by atoms with Crippen molar-refractivity contribution in [1.29, 1.82) is 0 Å². The molecule has 0 saturated carbocycles. The van der Waals surface area contributed by atoms with Gasteiger partial charge in [0.15, 0.2) is 29.0 Å². The van der Waals surface area contributed by atoms with Gasteiger partial charge in [-0.2, -0.15) is 0 Å². The number of anilines is 3. The standard InChI is InChI=1S/C29H27F2N9O3/c1-5-24(41)39-8-10-40(11-9-39)29-23(42-4)14-20-26(35-29)28(33-15-32-20)34-19-6-7-22(16(2)25(19)31)43-17-12-18(30)27-21(13-17)36-37-38(27)3/h5-7,12-15H,1,8-11H2,2-4H3,(H,32,33,34). The van der Waals surface area contributed by atoms with Crippen molar-refractivity contribution >= 4 is 45.3 Å². The molecule has 1 N–H and O–H groups in total. The highest BCUT2D eigenvalue weighted by molar-refractivity contribution is 5.90. The number of aromatic nitrogens is 6. The van der Waals surface area contributed by atoms with Gasteiger partial charge in [-0.05, 0) is 25.1 Å². The lowest BCUT2D eigenvalue weighted by atomic mass is 10.1. The van der Waals surface area contributed by atoms with E-state index in [-0.39, 0.29) is 40.0 Å². The van der Waals surface area contributed by atoms with Crippen LogP contribution in [-0.2, 0) is 11.8 Å². The molecule has 0 aliphatic carbocycles. The average molecular weight is 588 g/mol. The molecule has 14 heteroatoms. The van der Waals surface area contributed by atoms with Crippen molar-refractivity contribution in [3.8, 4) is 17.2 Å². The van der Waals surface area contributed by atoms with Crippen LogP contribution < -0.4 is 19.7 Å². The number of benzene rings is 2. The molecule has 12 nitrogen and oxygen atoms in total. The lowest BCUT2D eigenvalue weighted by molar-refractivity contribution is -0.126. The molecule has 1 aliphatic heterocycles. The summed E-state index contributed by atoms with van der Waals surface area (Å²) in [6.07, 6.45) is 2.66. The Morgan fingerprint density at radius 2 is 1.86 bits per heavy atom. The van der Waals surface area contributed by atoms with Gasteiger partial charge in [-0.25, -0.2) is 28.4 Å². The van der Waals surface area contributed by atoms with Gasteiger partial charge in [0.2, 0.25) is 5.91 Å². The Morgan fingerprint density at radius 1 is 1.07 bits per heavy atom. The Balaban J connectivity index is 1.28. The van der Waals surface area contributed by atoms with Crippen molar-refractivity contribution in [2.45, 2.75) is 6.92 Å². The van der Waals surface area contributed by atoms with E-state index in [2.05, 4.69) is 32.2 Å². The maximum Gasteiger partial charge on any atom is 0.246 e. The fourth-order valence-corrected chi connectivity index (χ4v) is 5.00. The van der Waals surface area contributed by atoms with E-state index in [4.69, 9.17) is 14.5 Å². The number of carbonyl (C=O) groups is 1. The molecule has 0 bridgehead atoms. The molecule has 5 aromatic rings. The number of nitrogens with zero attached hydrogens (tertiary/aromatic N) is 8. The second-order valence-electron chi connectivity index (χ2n) is 9.88. The van der Waals surface area contributed by atoms with Crippen LogP contribution in [0.4, 0.5) is 26.1 Å². The topological polar surface area (TPSA) is 123 Å². The number of halogens is 2. The molecule has 0 atom stereocenters. The highest BCUT2D eigenvalue weighted by Gasteiger charge is 2.24. The number of nitrogens with one attached hydrogen (secondary N) is 1. The van der Waals surface area contributed by atoms with E-state index in [0.29, 0.717) is 54.3 Å². The summed E-state index contributed by atoms with van der Waals surface area (Å²) in [5.41, 5.74) is 1.80. The largest absolute Gasteiger partial charge is 0.493 e. The summed E-state index contributed by atoms with van der Waals surface area (Å²) < 4.78 is 43.0. The van der Waals surface area contributed by atoms with Crippen molar-refractivity contribution in [3.63, 3.8) is 0 Å². The molecule has 3 aromatic heterocycles. The van der Waals surface area contributed by atoms with Crippen LogP contribution in [-0.4, -0.2) is 74.0 Å². The third-order valence-electron chi connectivity index (χ3n) is 7.29. The SMILES string of the molecule is C=CC(=O)N1CCN(c2nc3c(Nc4ccc(Oc5cc(F)c6c(c5)nnn6C)c(C)c4F)ncnc3cc2OC)CC1. The van der Waals surface area contributed by atoms with E-state index < -0.39 is 11.6 Å². The Hall–Kier alpha value is -5.40. The fourth-order valence-electron chi connectivity index (χ4n) is 5.00. The lowest BCUT2D eigenvalue weighted by Crippen LogP contribution is -2.48. The van der Waals surface area contributed by atoms with E-state index in [0.717, 1.165) is 0 Å². The van der Waals surface area contributed by atoms with E-state index >= 15 is 4.39 Å². The highest BCUT2D eigenvalue weighted by atomic mass is 19.1. The first kappa shape index (κ1) is 27.8. The van der Waals surface area contributed by atoms with Gasteiger partial charge >= 0.3 is 0 Å². The van der Waals surface area contributed by atoms with Gasteiger partial charge < -0.3 is 24.6 Å². The summed E-state index contributed by atoms with van der Waals surface area (Å²) in [5.74, 6) is 0.478. The number of piperazine rings is 1.